The summed E-state index contributed by atoms with van der Waals surface area (Å²) < 4.78 is 0. The first-order valence-corrected chi connectivity index (χ1v) is 6.33. The van der Waals surface area contributed by atoms with Gasteiger partial charge in [-0.3, -0.25) is 4.79 Å². The number of hydrogen-bond donors (Lipinski definition) is 2. The molecular formula is C14H22N2O2. The molecule has 100 valence electrons. The van der Waals surface area contributed by atoms with Gasteiger partial charge >= 0.3 is 0 Å². The third-order valence-corrected chi connectivity index (χ3v) is 2.96. The molecule has 1 atom stereocenters. The van der Waals surface area contributed by atoms with Crippen LogP contribution in [0, 0.1) is 0 Å². The van der Waals surface area contributed by atoms with Crippen LogP contribution >= 0.6 is 0 Å². The Morgan fingerprint density at radius 3 is 2.72 bits per heavy atom. The number of nitrogens with two attached hydrogens (primary N) is 1. The molecule has 1 aromatic carbocycles. The molecule has 1 aromatic rings. The summed E-state index contributed by atoms with van der Waals surface area (Å²) in [6.45, 7) is 2.45. The first-order valence-electron chi connectivity index (χ1n) is 6.33. The predicted octanol–water partition coefficient (Wildman–Crippen LogP) is 1.87. The number of unbranched alkanes of at least 4 members (excludes halogenated alkanes) is 1. The molecule has 1 amide bonds. The fourth-order valence-corrected chi connectivity index (χ4v) is 1.81. The van der Waals surface area contributed by atoms with Gasteiger partial charge < -0.3 is 15.7 Å². The lowest BCUT2D eigenvalue weighted by atomic mass is 10.1. The summed E-state index contributed by atoms with van der Waals surface area (Å²) in [5.41, 5.74) is 6.57. The standard InChI is InChI=1S/C14H22N2O2/c1-3-4-8-12(15)14(18)16(2)10-11-7-5-6-9-13(11)17/h5-7,9,12,17H,3-4,8,10,15H2,1-2H3. The smallest absolute Gasteiger partial charge is 0.239 e. The fourth-order valence-electron chi connectivity index (χ4n) is 1.81. The molecule has 0 fully saturated rings. The highest BCUT2D eigenvalue weighted by Crippen LogP contribution is 2.17. The Morgan fingerprint density at radius 2 is 2.11 bits per heavy atom. The predicted molar refractivity (Wildman–Crippen MR) is 72.1 cm³/mol. The molecule has 0 spiro atoms. The zero-order valence-electron chi connectivity index (χ0n) is 11.1. The van der Waals surface area contributed by atoms with Gasteiger partial charge in [0.05, 0.1) is 6.04 Å². The van der Waals surface area contributed by atoms with Crippen LogP contribution in [-0.4, -0.2) is 29.0 Å². The molecule has 18 heavy (non-hydrogen) atoms. The Morgan fingerprint density at radius 1 is 1.44 bits per heavy atom. The third kappa shape index (κ3) is 4.04. The van der Waals surface area contributed by atoms with Gasteiger partial charge in [-0.1, -0.05) is 38.0 Å². The van der Waals surface area contributed by atoms with E-state index in [-0.39, 0.29) is 11.7 Å². The highest BCUT2D eigenvalue weighted by Gasteiger charge is 2.18. The van der Waals surface area contributed by atoms with E-state index in [4.69, 9.17) is 5.73 Å². The summed E-state index contributed by atoms with van der Waals surface area (Å²) in [6, 6.07) is 6.57. The van der Waals surface area contributed by atoms with Crippen molar-refractivity contribution in [3.05, 3.63) is 29.8 Å². The van der Waals surface area contributed by atoms with Crippen molar-refractivity contribution in [2.45, 2.75) is 38.8 Å². The first kappa shape index (κ1) is 14.5. The second-order valence-electron chi connectivity index (χ2n) is 4.57. The van der Waals surface area contributed by atoms with Crippen LogP contribution in [0.4, 0.5) is 0 Å². The van der Waals surface area contributed by atoms with Gasteiger partial charge in [0.15, 0.2) is 0 Å². The Bertz CT molecular complexity index is 393. The molecule has 0 saturated heterocycles. The molecule has 0 heterocycles. The van der Waals surface area contributed by atoms with Crippen LogP contribution < -0.4 is 5.73 Å². The van der Waals surface area contributed by atoms with Gasteiger partial charge in [-0.25, -0.2) is 0 Å². The van der Waals surface area contributed by atoms with Crippen molar-refractivity contribution in [1.82, 2.24) is 4.90 Å². The fraction of sp³-hybridized carbons (Fsp3) is 0.500. The number of nitrogens with zero attached hydrogens (tertiary/aromatic N) is 1. The maximum atomic E-state index is 12.0. The van der Waals surface area contributed by atoms with E-state index in [0.29, 0.717) is 13.0 Å². The molecule has 1 rings (SSSR count). The zero-order valence-corrected chi connectivity index (χ0v) is 11.1. The van der Waals surface area contributed by atoms with Crippen LogP contribution in [-0.2, 0) is 11.3 Å². The Balaban J connectivity index is 2.57. The van der Waals surface area contributed by atoms with Crippen LogP contribution in [0.25, 0.3) is 0 Å². The lowest BCUT2D eigenvalue weighted by Gasteiger charge is -2.21. The number of rotatable bonds is 6. The minimum Gasteiger partial charge on any atom is -0.508 e. The van der Waals surface area contributed by atoms with Gasteiger partial charge in [-0.05, 0) is 12.5 Å². The number of phenols is 1. The van der Waals surface area contributed by atoms with Gasteiger partial charge in [0.25, 0.3) is 0 Å². The van der Waals surface area contributed by atoms with E-state index < -0.39 is 6.04 Å². The third-order valence-electron chi connectivity index (χ3n) is 2.96. The van der Waals surface area contributed by atoms with E-state index in [2.05, 4.69) is 6.92 Å². The number of carbonyl (C=O) groups excluding carboxylic acids is 1. The molecule has 0 aromatic heterocycles. The van der Waals surface area contributed by atoms with Crippen LogP contribution in [0.1, 0.15) is 31.7 Å². The monoisotopic (exact) mass is 250 g/mol. The minimum atomic E-state index is -0.444. The zero-order chi connectivity index (χ0) is 13.5. The molecule has 0 radical (unpaired) electrons. The highest BCUT2D eigenvalue weighted by atomic mass is 16.3. The Hall–Kier alpha value is -1.55. The summed E-state index contributed by atoms with van der Waals surface area (Å²) in [5.74, 6) is 0.131. The number of aromatic hydroxyl groups is 1. The number of hydrogen-bond acceptors (Lipinski definition) is 3. The molecule has 1 unspecified atom stereocenters. The maximum Gasteiger partial charge on any atom is 0.239 e. The lowest BCUT2D eigenvalue weighted by molar-refractivity contribution is -0.132. The summed E-state index contributed by atoms with van der Waals surface area (Å²) in [6.07, 6.45) is 2.70. The summed E-state index contributed by atoms with van der Waals surface area (Å²) in [5, 5.41) is 9.65. The molecular weight excluding hydrogens is 228 g/mol. The van der Waals surface area contributed by atoms with Gasteiger partial charge in [0.2, 0.25) is 5.91 Å². The van der Waals surface area contributed by atoms with E-state index >= 15 is 0 Å². The van der Waals surface area contributed by atoms with Crippen molar-refractivity contribution < 1.29 is 9.90 Å². The van der Waals surface area contributed by atoms with E-state index in [0.717, 1.165) is 18.4 Å². The second kappa shape index (κ2) is 7.01. The van der Waals surface area contributed by atoms with Crippen LogP contribution in [0.2, 0.25) is 0 Å². The molecule has 0 aliphatic rings. The Kier molecular flexibility index (Phi) is 5.65. The molecule has 4 heteroatoms. The van der Waals surface area contributed by atoms with Crippen molar-refractivity contribution in [2.75, 3.05) is 7.05 Å². The molecule has 3 N–H and O–H groups in total. The van der Waals surface area contributed by atoms with Crippen molar-refractivity contribution in [3.8, 4) is 5.75 Å². The van der Waals surface area contributed by atoms with E-state index in [1.165, 1.54) is 0 Å². The SMILES string of the molecule is CCCCC(N)C(=O)N(C)Cc1ccccc1O. The van der Waals surface area contributed by atoms with Crippen molar-refractivity contribution in [1.29, 1.82) is 0 Å². The number of amides is 1. The molecule has 0 aliphatic heterocycles. The quantitative estimate of drug-likeness (QED) is 0.810. The molecule has 0 aliphatic carbocycles. The van der Waals surface area contributed by atoms with Gasteiger partial charge in [-0.15, -0.1) is 0 Å². The minimum absolute atomic E-state index is 0.0771. The van der Waals surface area contributed by atoms with Crippen molar-refractivity contribution >= 4 is 5.91 Å². The average Bonchev–Trinajstić information content (AvgIpc) is 2.37. The van der Waals surface area contributed by atoms with Crippen molar-refractivity contribution in [3.63, 3.8) is 0 Å². The summed E-state index contributed by atoms with van der Waals surface area (Å²) in [7, 11) is 1.71. The molecule has 0 bridgehead atoms. The van der Waals surface area contributed by atoms with Gasteiger partial charge in [-0.2, -0.15) is 0 Å². The largest absolute Gasteiger partial charge is 0.508 e. The van der Waals surface area contributed by atoms with Crippen LogP contribution in [0.5, 0.6) is 5.75 Å². The van der Waals surface area contributed by atoms with E-state index in [1.807, 2.05) is 6.07 Å². The molecule has 4 nitrogen and oxygen atoms in total. The van der Waals surface area contributed by atoms with Crippen molar-refractivity contribution in [2.24, 2.45) is 5.73 Å². The van der Waals surface area contributed by atoms with E-state index in [1.54, 1.807) is 30.1 Å². The number of benzene rings is 1. The Labute approximate surface area is 108 Å². The number of likely N-dealkylation sites (N-methyl/N-ethyl adjacent to an activating group) is 1. The topological polar surface area (TPSA) is 66.6 Å². The highest BCUT2D eigenvalue weighted by molar-refractivity contribution is 5.81. The number of phenolic OH excluding ortho intramolecular Hbond substituents is 1. The normalized spacial score (nSPS) is 12.2. The second-order valence-corrected chi connectivity index (χ2v) is 4.57. The average molecular weight is 250 g/mol. The van der Waals surface area contributed by atoms with Gasteiger partial charge in [0, 0.05) is 19.2 Å². The van der Waals surface area contributed by atoms with Gasteiger partial charge in [0.1, 0.15) is 5.75 Å². The number of carbonyl (C=O) groups is 1. The van der Waals surface area contributed by atoms with Crippen LogP contribution in [0.15, 0.2) is 24.3 Å². The number of para-hydroxylation sites is 1. The summed E-state index contributed by atoms with van der Waals surface area (Å²) >= 11 is 0. The lowest BCUT2D eigenvalue weighted by Crippen LogP contribution is -2.41. The maximum absolute atomic E-state index is 12.0. The summed E-state index contributed by atoms with van der Waals surface area (Å²) in [4.78, 5) is 13.5. The van der Waals surface area contributed by atoms with Crippen LogP contribution in [0.3, 0.4) is 0 Å². The van der Waals surface area contributed by atoms with E-state index in [9.17, 15) is 9.90 Å². The molecule has 0 saturated carbocycles. The first-order chi connectivity index (χ1) is 8.56.